The van der Waals surface area contributed by atoms with Crippen molar-refractivity contribution < 1.29 is 14.3 Å². The van der Waals surface area contributed by atoms with Crippen molar-refractivity contribution >= 4 is 24.2 Å². The molecule has 0 spiro atoms. The zero-order valence-corrected chi connectivity index (χ0v) is 11.7. The Labute approximate surface area is 119 Å². The summed E-state index contributed by atoms with van der Waals surface area (Å²) in [6.45, 7) is 1.36. The van der Waals surface area contributed by atoms with Crippen molar-refractivity contribution in [1.29, 1.82) is 0 Å². The molecule has 2 amide bonds. The van der Waals surface area contributed by atoms with Gasteiger partial charge in [-0.1, -0.05) is 6.42 Å². The molecule has 3 atom stereocenters. The van der Waals surface area contributed by atoms with E-state index in [0.29, 0.717) is 13.0 Å². The van der Waals surface area contributed by atoms with E-state index >= 15 is 0 Å². The quantitative estimate of drug-likeness (QED) is 0.663. The Balaban J connectivity index is 0.00000180. The van der Waals surface area contributed by atoms with Gasteiger partial charge in [-0.05, 0) is 32.2 Å². The summed E-state index contributed by atoms with van der Waals surface area (Å²) in [5.74, 6) is -0.390. The van der Waals surface area contributed by atoms with Gasteiger partial charge in [0.2, 0.25) is 11.8 Å². The number of amides is 2. The first kappa shape index (κ1) is 16.2. The van der Waals surface area contributed by atoms with Crippen LogP contribution in [0.1, 0.15) is 32.1 Å². The first-order valence-corrected chi connectivity index (χ1v) is 6.62. The van der Waals surface area contributed by atoms with Gasteiger partial charge in [0.25, 0.3) is 0 Å². The molecule has 0 radical (unpaired) electrons. The van der Waals surface area contributed by atoms with Crippen molar-refractivity contribution in [3.8, 4) is 0 Å². The molecule has 0 aromatic rings. The van der Waals surface area contributed by atoms with Crippen LogP contribution >= 0.6 is 12.4 Å². The third kappa shape index (κ3) is 4.63. The van der Waals surface area contributed by atoms with Gasteiger partial charge in [0.1, 0.15) is 6.10 Å². The minimum Gasteiger partial charge on any atom is -0.367 e. The number of hydrogen-bond acceptors (Lipinski definition) is 4. The van der Waals surface area contributed by atoms with Gasteiger partial charge in [0.05, 0.1) is 12.1 Å². The molecule has 2 heterocycles. The molecule has 2 aliphatic rings. The van der Waals surface area contributed by atoms with E-state index in [1.54, 1.807) is 0 Å². The smallest absolute Gasteiger partial charge is 0.246 e. The normalized spacial score (nSPS) is 30.4. The van der Waals surface area contributed by atoms with Crippen molar-refractivity contribution in [3.63, 3.8) is 0 Å². The molecule has 0 bridgehead atoms. The second-order valence-electron chi connectivity index (χ2n) is 4.97. The number of primary amides is 1. The number of nitrogens with two attached hydrogens (primary N) is 1. The number of carbonyl (C=O) groups is 2. The lowest BCUT2D eigenvalue weighted by Gasteiger charge is -2.23. The predicted octanol–water partition coefficient (Wildman–Crippen LogP) is -0.301. The molecule has 2 rings (SSSR count). The first-order valence-electron chi connectivity index (χ1n) is 6.62. The summed E-state index contributed by atoms with van der Waals surface area (Å²) in [5.41, 5.74) is 5.17. The second-order valence-corrected chi connectivity index (χ2v) is 4.97. The standard InChI is InChI=1S/C12H21N3O3.ClH/c13-11(16)10-5-4-8(18-10)7-15-12(17)9-3-1-2-6-14-9;/h8-10,14H,1-7H2,(H2,13,16)(H,15,17);1H. The summed E-state index contributed by atoms with van der Waals surface area (Å²) in [5, 5.41) is 6.07. The van der Waals surface area contributed by atoms with Crippen LogP contribution in [0.2, 0.25) is 0 Å². The fraction of sp³-hybridized carbons (Fsp3) is 0.833. The molecule has 6 nitrogen and oxygen atoms in total. The van der Waals surface area contributed by atoms with Crippen molar-refractivity contribution in [2.75, 3.05) is 13.1 Å². The Bertz CT molecular complexity index is 321. The topological polar surface area (TPSA) is 93.5 Å². The monoisotopic (exact) mass is 291 g/mol. The van der Waals surface area contributed by atoms with E-state index in [-0.39, 0.29) is 30.5 Å². The molecule has 0 aromatic carbocycles. The maximum Gasteiger partial charge on any atom is 0.246 e. The van der Waals surface area contributed by atoms with Crippen LogP contribution in [0.25, 0.3) is 0 Å². The highest BCUT2D eigenvalue weighted by molar-refractivity contribution is 5.85. The van der Waals surface area contributed by atoms with Crippen LogP contribution in [-0.4, -0.2) is 43.2 Å². The molecule has 2 fully saturated rings. The summed E-state index contributed by atoms with van der Waals surface area (Å²) in [7, 11) is 0. The Morgan fingerprint density at radius 1 is 1.26 bits per heavy atom. The van der Waals surface area contributed by atoms with Gasteiger partial charge in [-0.15, -0.1) is 12.4 Å². The highest BCUT2D eigenvalue weighted by Crippen LogP contribution is 2.18. The van der Waals surface area contributed by atoms with Crippen LogP contribution in [0.4, 0.5) is 0 Å². The minimum atomic E-state index is -0.486. The molecule has 0 aromatic heterocycles. The highest BCUT2D eigenvalue weighted by atomic mass is 35.5. The summed E-state index contributed by atoms with van der Waals surface area (Å²) in [4.78, 5) is 22.8. The number of nitrogens with one attached hydrogen (secondary N) is 2. The molecule has 110 valence electrons. The Kier molecular flexibility index (Phi) is 6.54. The highest BCUT2D eigenvalue weighted by Gasteiger charge is 2.30. The Morgan fingerprint density at radius 3 is 2.63 bits per heavy atom. The van der Waals surface area contributed by atoms with Crippen molar-refractivity contribution in [2.24, 2.45) is 5.73 Å². The van der Waals surface area contributed by atoms with Gasteiger partial charge >= 0.3 is 0 Å². The Morgan fingerprint density at radius 2 is 2.05 bits per heavy atom. The van der Waals surface area contributed by atoms with Crippen LogP contribution in [-0.2, 0) is 14.3 Å². The van der Waals surface area contributed by atoms with E-state index in [1.807, 2.05) is 0 Å². The lowest BCUT2D eigenvalue weighted by atomic mass is 10.0. The number of hydrogen-bond donors (Lipinski definition) is 3. The predicted molar refractivity (Wildman–Crippen MR) is 73.0 cm³/mol. The van der Waals surface area contributed by atoms with Gasteiger partial charge in [-0.2, -0.15) is 0 Å². The first-order chi connectivity index (χ1) is 8.66. The average molecular weight is 292 g/mol. The summed E-state index contributed by atoms with van der Waals surface area (Å²) >= 11 is 0. The van der Waals surface area contributed by atoms with Crippen LogP contribution in [0.15, 0.2) is 0 Å². The van der Waals surface area contributed by atoms with Gasteiger partial charge < -0.3 is 21.1 Å². The van der Waals surface area contributed by atoms with Gasteiger partial charge in [-0.25, -0.2) is 0 Å². The number of rotatable bonds is 4. The maximum atomic E-state index is 11.8. The van der Waals surface area contributed by atoms with E-state index in [9.17, 15) is 9.59 Å². The number of carbonyl (C=O) groups excluding carboxylic acids is 2. The fourth-order valence-corrected chi connectivity index (χ4v) is 2.48. The summed E-state index contributed by atoms with van der Waals surface area (Å²) in [6.07, 6.45) is 3.96. The second kappa shape index (κ2) is 7.67. The van der Waals surface area contributed by atoms with E-state index in [0.717, 1.165) is 32.2 Å². The number of halogens is 1. The molecule has 7 heteroatoms. The van der Waals surface area contributed by atoms with Crippen molar-refractivity contribution in [1.82, 2.24) is 10.6 Å². The van der Waals surface area contributed by atoms with Gasteiger partial charge in [0, 0.05) is 6.54 Å². The lowest BCUT2D eigenvalue weighted by molar-refractivity contribution is -0.129. The van der Waals surface area contributed by atoms with Crippen LogP contribution < -0.4 is 16.4 Å². The zero-order valence-electron chi connectivity index (χ0n) is 10.9. The largest absolute Gasteiger partial charge is 0.367 e. The molecular formula is C12H22ClN3O3. The third-order valence-corrected chi connectivity index (χ3v) is 3.56. The molecule has 2 aliphatic heterocycles. The van der Waals surface area contributed by atoms with Crippen LogP contribution in [0.5, 0.6) is 0 Å². The van der Waals surface area contributed by atoms with E-state index in [2.05, 4.69) is 10.6 Å². The van der Waals surface area contributed by atoms with Crippen LogP contribution in [0, 0.1) is 0 Å². The summed E-state index contributed by atoms with van der Waals surface area (Å²) in [6, 6.07) is -0.0768. The molecule has 0 aliphatic carbocycles. The molecular weight excluding hydrogens is 270 g/mol. The molecule has 4 N–H and O–H groups in total. The SMILES string of the molecule is Cl.NC(=O)C1CCC(CNC(=O)C2CCCCN2)O1. The van der Waals surface area contributed by atoms with Crippen molar-refractivity contribution in [3.05, 3.63) is 0 Å². The zero-order chi connectivity index (χ0) is 13.0. The Hall–Kier alpha value is -0.850. The average Bonchev–Trinajstić information content (AvgIpc) is 2.86. The number of ether oxygens (including phenoxy) is 1. The molecule has 2 saturated heterocycles. The van der Waals surface area contributed by atoms with Gasteiger partial charge in [0.15, 0.2) is 0 Å². The maximum absolute atomic E-state index is 11.8. The van der Waals surface area contributed by atoms with Crippen LogP contribution in [0.3, 0.4) is 0 Å². The minimum absolute atomic E-state index is 0. The fourth-order valence-electron chi connectivity index (χ4n) is 2.48. The number of piperidine rings is 1. The van der Waals surface area contributed by atoms with Crippen molar-refractivity contribution in [2.45, 2.75) is 50.4 Å². The van der Waals surface area contributed by atoms with E-state index in [4.69, 9.17) is 10.5 Å². The van der Waals surface area contributed by atoms with E-state index in [1.165, 1.54) is 0 Å². The van der Waals surface area contributed by atoms with Gasteiger partial charge in [-0.3, -0.25) is 9.59 Å². The molecule has 3 unspecified atom stereocenters. The lowest BCUT2D eigenvalue weighted by Crippen LogP contribution is -2.48. The summed E-state index contributed by atoms with van der Waals surface area (Å²) < 4.78 is 5.45. The molecule has 19 heavy (non-hydrogen) atoms. The third-order valence-electron chi connectivity index (χ3n) is 3.56. The molecule has 0 saturated carbocycles. The van der Waals surface area contributed by atoms with E-state index < -0.39 is 12.0 Å².